The van der Waals surface area contributed by atoms with Crippen LogP contribution >= 0.6 is 0 Å². The lowest BCUT2D eigenvalue weighted by molar-refractivity contribution is 0.309. The van der Waals surface area contributed by atoms with E-state index >= 15 is 0 Å². The molecule has 5 N–H and O–H groups in total. The maximum atomic E-state index is 12.9. The van der Waals surface area contributed by atoms with Crippen LogP contribution in [0.5, 0.6) is 11.5 Å². The molecule has 1 saturated heterocycles. The molecular weight excluding hydrogens is 491 g/mol. The van der Waals surface area contributed by atoms with E-state index in [1.54, 1.807) is 6.07 Å². The van der Waals surface area contributed by atoms with Gasteiger partial charge in [0.05, 0.1) is 13.2 Å². The first-order valence-electron chi connectivity index (χ1n) is 15.2. The van der Waals surface area contributed by atoms with Crippen LogP contribution in [0.3, 0.4) is 0 Å². The van der Waals surface area contributed by atoms with Gasteiger partial charge in [0.25, 0.3) is 0 Å². The van der Waals surface area contributed by atoms with Crippen LogP contribution in [0.4, 0.5) is 10.1 Å². The highest BCUT2D eigenvalue weighted by atomic mass is 19.1. The Bertz CT molecular complexity index is 815. The summed E-state index contributed by atoms with van der Waals surface area (Å²) in [7, 11) is 0. The van der Waals surface area contributed by atoms with Gasteiger partial charge in [-0.3, -0.25) is 0 Å². The third-order valence-corrected chi connectivity index (χ3v) is 5.54. The van der Waals surface area contributed by atoms with E-state index in [0.29, 0.717) is 32.1 Å². The van der Waals surface area contributed by atoms with Crippen molar-refractivity contribution in [2.75, 3.05) is 57.4 Å². The summed E-state index contributed by atoms with van der Waals surface area (Å²) in [4.78, 5) is 2.41. The summed E-state index contributed by atoms with van der Waals surface area (Å²) in [6, 6.07) is 11.2. The molecule has 0 saturated carbocycles. The van der Waals surface area contributed by atoms with E-state index in [4.69, 9.17) is 20.9 Å². The average Bonchev–Trinajstić information content (AvgIpc) is 3.01. The minimum atomic E-state index is -0.259. The molecule has 3 rings (SSSR count). The summed E-state index contributed by atoms with van der Waals surface area (Å²) in [6.07, 6.45) is 3.54. The topological polar surface area (TPSA) is 85.8 Å². The number of nitrogens with two attached hydrogens (primary N) is 2. The largest absolute Gasteiger partial charge is 0.493 e. The second-order valence-corrected chi connectivity index (χ2v) is 7.97. The highest BCUT2D eigenvalue weighted by Crippen LogP contribution is 2.27. The third kappa shape index (κ3) is 16.4. The van der Waals surface area contributed by atoms with Crippen LogP contribution in [-0.2, 0) is 12.8 Å². The number of hydrogen-bond donors (Lipinski definition) is 3. The highest BCUT2D eigenvalue weighted by molar-refractivity contribution is 5.54. The SMILES string of the molecule is CC.CC.CC.CCc1ccc(F)cc1OCCCN.CCc1ccc(N2CCNCC2)cc1OCCCN. The zero-order valence-corrected chi connectivity index (χ0v) is 26.2. The molecule has 0 amide bonds. The Hall–Kier alpha value is -2.35. The van der Waals surface area contributed by atoms with Gasteiger partial charge in [0.2, 0.25) is 0 Å². The second-order valence-electron chi connectivity index (χ2n) is 7.97. The van der Waals surface area contributed by atoms with Crippen LogP contribution in [0.1, 0.15) is 79.4 Å². The van der Waals surface area contributed by atoms with Crippen molar-refractivity contribution in [3.05, 3.63) is 53.3 Å². The van der Waals surface area contributed by atoms with Gasteiger partial charge in [-0.25, -0.2) is 4.39 Å². The molecule has 2 aromatic rings. The zero-order valence-electron chi connectivity index (χ0n) is 26.2. The third-order valence-electron chi connectivity index (χ3n) is 5.54. The molecule has 39 heavy (non-hydrogen) atoms. The molecule has 0 bridgehead atoms. The fourth-order valence-corrected chi connectivity index (χ4v) is 3.58. The number of nitrogens with zero attached hydrogens (tertiary/aromatic N) is 1. The molecule has 1 aliphatic heterocycles. The number of halogens is 1. The minimum Gasteiger partial charge on any atom is -0.493 e. The van der Waals surface area contributed by atoms with E-state index in [0.717, 1.165) is 63.2 Å². The van der Waals surface area contributed by atoms with E-state index in [2.05, 4.69) is 35.3 Å². The normalized spacial score (nSPS) is 11.7. The molecule has 1 fully saturated rings. The Kier molecular flexibility index (Phi) is 27.1. The molecule has 0 atom stereocenters. The summed E-state index contributed by atoms with van der Waals surface area (Å²) in [5.41, 5.74) is 14.4. The number of hydrogen-bond acceptors (Lipinski definition) is 6. The van der Waals surface area contributed by atoms with Crippen LogP contribution < -0.4 is 31.2 Å². The Labute approximate surface area is 239 Å². The maximum absolute atomic E-state index is 12.9. The quantitative estimate of drug-likeness (QED) is 0.274. The summed E-state index contributed by atoms with van der Waals surface area (Å²) in [5.74, 6) is 1.40. The summed E-state index contributed by atoms with van der Waals surface area (Å²) >= 11 is 0. The smallest absolute Gasteiger partial charge is 0.126 e. The van der Waals surface area contributed by atoms with Crippen LogP contribution in [0.15, 0.2) is 36.4 Å². The van der Waals surface area contributed by atoms with Crippen molar-refractivity contribution >= 4 is 5.69 Å². The number of nitrogens with one attached hydrogen (secondary N) is 1. The monoisotopic (exact) mass is 550 g/mol. The molecule has 7 heteroatoms. The summed E-state index contributed by atoms with van der Waals surface area (Å²) in [6.45, 7) is 22.9. The van der Waals surface area contributed by atoms with E-state index in [1.165, 1.54) is 23.4 Å². The van der Waals surface area contributed by atoms with Crippen molar-refractivity contribution in [3.63, 3.8) is 0 Å². The van der Waals surface area contributed by atoms with Gasteiger partial charge in [-0.2, -0.15) is 0 Å². The fourth-order valence-electron chi connectivity index (χ4n) is 3.58. The summed E-state index contributed by atoms with van der Waals surface area (Å²) < 4.78 is 24.2. The number of rotatable bonds is 11. The van der Waals surface area contributed by atoms with Gasteiger partial charge in [-0.1, -0.05) is 67.5 Å². The van der Waals surface area contributed by atoms with E-state index in [1.807, 2.05) is 48.5 Å². The van der Waals surface area contributed by atoms with Crippen molar-refractivity contribution in [2.24, 2.45) is 11.5 Å². The minimum absolute atomic E-state index is 0.259. The lowest BCUT2D eigenvalue weighted by Crippen LogP contribution is -2.43. The van der Waals surface area contributed by atoms with Gasteiger partial charge in [0.1, 0.15) is 17.3 Å². The van der Waals surface area contributed by atoms with Gasteiger partial charge in [-0.05, 0) is 62.0 Å². The van der Waals surface area contributed by atoms with Gasteiger partial charge >= 0.3 is 0 Å². The molecule has 226 valence electrons. The number of benzene rings is 2. The molecule has 6 nitrogen and oxygen atoms in total. The molecule has 0 spiro atoms. The van der Waals surface area contributed by atoms with Crippen molar-refractivity contribution in [1.29, 1.82) is 0 Å². The van der Waals surface area contributed by atoms with Crippen molar-refractivity contribution in [3.8, 4) is 11.5 Å². The number of ether oxygens (including phenoxy) is 2. The molecular formula is C32H59FN4O2. The van der Waals surface area contributed by atoms with Crippen LogP contribution in [0.2, 0.25) is 0 Å². The Morgan fingerprint density at radius 1 is 0.744 bits per heavy atom. The van der Waals surface area contributed by atoms with Crippen molar-refractivity contribution in [1.82, 2.24) is 5.32 Å². The summed E-state index contributed by atoms with van der Waals surface area (Å²) in [5, 5.41) is 3.38. The Morgan fingerprint density at radius 2 is 1.21 bits per heavy atom. The molecule has 2 aromatic carbocycles. The van der Waals surface area contributed by atoms with Crippen LogP contribution in [0.25, 0.3) is 0 Å². The highest BCUT2D eigenvalue weighted by Gasteiger charge is 2.12. The van der Waals surface area contributed by atoms with Gasteiger partial charge in [0.15, 0.2) is 0 Å². The van der Waals surface area contributed by atoms with E-state index in [9.17, 15) is 4.39 Å². The first kappa shape index (κ1) is 38.8. The van der Waals surface area contributed by atoms with Crippen LogP contribution in [-0.4, -0.2) is 52.5 Å². The average molecular weight is 551 g/mol. The second kappa shape index (κ2) is 27.2. The molecule has 1 heterocycles. The predicted molar refractivity (Wildman–Crippen MR) is 169 cm³/mol. The number of aryl methyl sites for hydroxylation is 2. The standard InChI is InChI=1S/C15H25N3O.C11H16FNO.3C2H6/c1-2-13-4-5-14(18-9-7-17-8-10-18)12-15(13)19-11-3-6-16;1-2-9-4-5-10(12)8-11(9)14-7-3-6-13;3*1-2/h4-5,12,17H,2-3,6-11,16H2,1H3;4-5,8H,2-3,6-7,13H2,1H3;3*1-2H3. The van der Waals surface area contributed by atoms with Gasteiger partial charge in [-0.15, -0.1) is 0 Å². The van der Waals surface area contributed by atoms with Crippen LogP contribution in [0, 0.1) is 5.82 Å². The van der Waals surface area contributed by atoms with E-state index < -0.39 is 0 Å². The molecule has 1 aliphatic rings. The first-order chi connectivity index (χ1) is 19.1. The zero-order chi connectivity index (χ0) is 29.9. The molecule has 0 radical (unpaired) electrons. The predicted octanol–water partition coefficient (Wildman–Crippen LogP) is 6.58. The first-order valence-corrected chi connectivity index (χ1v) is 15.2. The Morgan fingerprint density at radius 3 is 1.67 bits per heavy atom. The van der Waals surface area contributed by atoms with Gasteiger partial charge in [0, 0.05) is 44.0 Å². The molecule has 0 unspecified atom stereocenters. The van der Waals surface area contributed by atoms with E-state index in [-0.39, 0.29) is 5.82 Å². The van der Waals surface area contributed by atoms with Crippen molar-refractivity contribution in [2.45, 2.75) is 81.1 Å². The maximum Gasteiger partial charge on any atom is 0.126 e. The Balaban J connectivity index is 0. The lowest BCUT2D eigenvalue weighted by atomic mass is 10.1. The van der Waals surface area contributed by atoms with Crippen molar-refractivity contribution < 1.29 is 13.9 Å². The molecule has 0 aromatic heterocycles. The molecule has 0 aliphatic carbocycles. The lowest BCUT2D eigenvalue weighted by Gasteiger charge is -2.30. The fraction of sp³-hybridized carbons (Fsp3) is 0.625. The number of piperazine rings is 1. The number of anilines is 1. The van der Waals surface area contributed by atoms with Gasteiger partial charge < -0.3 is 31.2 Å².